The first-order valence-electron chi connectivity index (χ1n) is 7.22. The summed E-state index contributed by atoms with van der Waals surface area (Å²) >= 11 is 17.9. The summed E-state index contributed by atoms with van der Waals surface area (Å²) in [5.41, 5.74) is 1.52. The van der Waals surface area contributed by atoms with Crippen molar-refractivity contribution in [2.75, 3.05) is 18.1 Å². The topological polar surface area (TPSA) is 50.5 Å². The summed E-state index contributed by atoms with van der Waals surface area (Å²) in [4.78, 5) is 2.78. The highest BCUT2D eigenvalue weighted by Gasteiger charge is 2.35. The van der Waals surface area contributed by atoms with Gasteiger partial charge in [0.1, 0.15) is 18.0 Å². The highest BCUT2D eigenvalue weighted by Crippen LogP contribution is 2.44. The van der Waals surface area contributed by atoms with Gasteiger partial charge >= 0.3 is 0 Å². The fourth-order valence-electron chi connectivity index (χ4n) is 3.16. The average Bonchev–Trinajstić information content (AvgIpc) is 3.19. The molecular formula is C15H13Cl2N3O2S. The zero-order valence-electron chi connectivity index (χ0n) is 12.0. The van der Waals surface area contributed by atoms with Crippen molar-refractivity contribution in [1.82, 2.24) is 9.78 Å². The molecule has 0 aliphatic carbocycles. The number of ether oxygens (including phenoxy) is 1. The number of anilines is 1. The molecule has 4 rings (SSSR count). The number of phenols is 1. The van der Waals surface area contributed by atoms with Crippen molar-refractivity contribution in [3.63, 3.8) is 0 Å². The fraction of sp³-hybridized carbons (Fsp3) is 0.333. The minimum atomic E-state index is -0.0225. The summed E-state index contributed by atoms with van der Waals surface area (Å²) in [5, 5.41) is 15.3. The molecular weight excluding hydrogens is 357 g/mol. The van der Waals surface area contributed by atoms with Crippen LogP contribution in [0.1, 0.15) is 17.9 Å². The van der Waals surface area contributed by atoms with Gasteiger partial charge in [0.25, 0.3) is 0 Å². The van der Waals surface area contributed by atoms with Crippen molar-refractivity contribution in [3.05, 3.63) is 33.9 Å². The van der Waals surface area contributed by atoms with Crippen LogP contribution in [0.3, 0.4) is 0 Å². The predicted octanol–water partition coefficient (Wildman–Crippen LogP) is 3.61. The first-order valence-corrected chi connectivity index (χ1v) is 8.38. The minimum absolute atomic E-state index is 0.0225. The Labute approximate surface area is 148 Å². The largest absolute Gasteiger partial charge is 0.508 e. The van der Waals surface area contributed by atoms with E-state index < -0.39 is 0 Å². The number of thiocarbonyl (C=S) groups is 1. The van der Waals surface area contributed by atoms with Gasteiger partial charge < -0.3 is 14.7 Å². The van der Waals surface area contributed by atoms with Crippen LogP contribution in [0, 0.1) is 0 Å². The smallest absolute Gasteiger partial charge is 0.236 e. The minimum Gasteiger partial charge on any atom is -0.508 e. The molecule has 1 aromatic carbocycles. The van der Waals surface area contributed by atoms with E-state index in [0.29, 0.717) is 35.2 Å². The molecule has 0 saturated carbocycles. The van der Waals surface area contributed by atoms with E-state index in [0.717, 1.165) is 23.1 Å². The Hall–Kier alpha value is -1.50. The second-order valence-electron chi connectivity index (χ2n) is 5.61. The van der Waals surface area contributed by atoms with E-state index in [4.69, 9.17) is 40.2 Å². The number of aromatic hydroxyl groups is 1. The Morgan fingerprint density at radius 3 is 3.00 bits per heavy atom. The van der Waals surface area contributed by atoms with E-state index in [9.17, 15) is 5.11 Å². The van der Waals surface area contributed by atoms with E-state index in [1.165, 1.54) is 0 Å². The van der Waals surface area contributed by atoms with Crippen molar-refractivity contribution in [2.45, 2.75) is 18.9 Å². The lowest BCUT2D eigenvalue weighted by atomic mass is 9.97. The molecule has 1 aromatic heterocycles. The first-order chi connectivity index (χ1) is 11.1. The number of phenolic OH excluding ortho intramolecular Hbond substituents is 1. The van der Waals surface area contributed by atoms with Crippen LogP contribution in [0.5, 0.6) is 11.6 Å². The number of rotatable bonds is 2. The molecule has 1 atom stereocenters. The van der Waals surface area contributed by atoms with Crippen molar-refractivity contribution in [3.8, 4) is 11.6 Å². The van der Waals surface area contributed by atoms with Crippen LogP contribution in [-0.4, -0.2) is 33.0 Å². The number of benzene rings is 1. The van der Waals surface area contributed by atoms with Crippen LogP contribution in [0.4, 0.5) is 5.69 Å². The maximum absolute atomic E-state index is 10.2. The Morgan fingerprint density at radius 2 is 2.17 bits per heavy atom. The Kier molecular flexibility index (Phi) is 3.63. The summed E-state index contributed by atoms with van der Waals surface area (Å²) in [6, 6.07) is 3.15. The molecule has 0 unspecified atom stereocenters. The molecule has 0 radical (unpaired) electrons. The number of halogens is 2. The summed E-state index contributed by atoms with van der Waals surface area (Å²) in [7, 11) is 0. The summed E-state index contributed by atoms with van der Waals surface area (Å²) in [6.07, 6.45) is 2.39. The molecule has 0 amide bonds. The standard InChI is InChI=1S/C15H13Cl2N3O2S/c16-9-1-2-11(21)13(14(9)17)8-5-12(23)19(7-8)10-6-18-20-3-4-22-15(10)20/h1-2,6,8,21H,3-5,7H2/t8-/m0/s1. The average molecular weight is 370 g/mol. The molecule has 0 bridgehead atoms. The molecule has 2 aliphatic rings. The molecule has 5 nitrogen and oxygen atoms in total. The zero-order chi connectivity index (χ0) is 16.1. The highest BCUT2D eigenvalue weighted by atomic mass is 35.5. The zero-order valence-corrected chi connectivity index (χ0v) is 14.3. The second kappa shape index (κ2) is 5.54. The Morgan fingerprint density at radius 1 is 1.35 bits per heavy atom. The summed E-state index contributed by atoms with van der Waals surface area (Å²) < 4.78 is 7.47. The third kappa shape index (κ3) is 2.36. The quantitative estimate of drug-likeness (QED) is 0.819. The van der Waals surface area contributed by atoms with Crippen LogP contribution in [-0.2, 0) is 6.54 Å². The van der Waals surface area contributed by atoms with Crippen LogP contribution in [0.25, 0.3) is 0 Å². The molecule has 1 N–H and O–H groups in total. The molecule has 2 aliphatic heterocycles. The third-order valence-electron chi connectivity index (χ3n) is 4.25. The second-order valence-corrected chi connectivity index (χ2v) is 6.86. The Balaban J connectivity index is 1.68. The summed E-state index contributed by atoms with van der Waals surface area (Å²) in [6.45, 7) is 1.98. The van der Waals surface area contributed by atoms with Crippen LogP contribution >= 0.6 is 35.4 Å². The van der Waals surface area contributed by atoms with Gasteiger partial charge in [0, 0.05) is 24.4 Å². The number of hydrogen-bond acceptors (Lipinski definition) is 4. The predicted molar refractivity (Wildman–Crippen MR) is 93.2 cm³/mol. The van der Waals surface area contributed by atoms with Gasteiger partial charge in [0.2, 0.25) is 5.88 Å². The van der Waals surface area contributed by atoms with Crippen LogP contribution in [0.15, 0.2) is 18.3 Å². The molecule has 8 heteroatoms. The van der Waals surface area contributed by atoms with Gasteiger partial charge in [-0.1, -0.05) is 35.4 Å². The van der Waals surface area contributed by atoms with Crippen molar-refractivity contribution < 1.29 is 9.84 Å². The van der Waals surface area contributed by atoms with Gasteiger partial charge in [-0.25, -0.2) is 4.68 Å². The van der Waals surface area contributed by atoms with Crippen molar-refractivity contribution in [1.29, 1.82) is 0 Å². The van der Waals surface area contributed by atoms with Crippen LogP contribution in [0.2, 0.25) is 10.0 Å². The van der Waals surface area contributed by atoms with Gasteiger partial charge in [0.05, 0.1) is 27.8 Å². The SMILES string of the molecule is Oc1ccc(Cl)c(Cl)c1[C@H]1CC(=S)N(c2cnn3c2OCC3)C1. The molecule has 1 fully saturated rings. The van der Waals surface area contributed by atoms with Gasteiger partial charge in [0.15, 0.2) is 0 Å². The molecule has 2 aromatic rings. The monoisotopic (exact) mass is 369 g/mol. The van der Waals surface area contributed by atoms with Gasteiger partial charge in [-0.15, -0.1) is 0 Å². The highest BCUT2D eigenvalue weighted by molar-refractivity contribution is 7.80. The van der Waals surface area contributed by atoms with Gasteiger partial charge in [-0.2, -0.15) is 5.10 Å². The van der Waals surface area contributed by atoms with Gasteiger partial charge in [-0.05, 0) is 12.1 Å². The molecule has 1 saturated heterocycles. The first kappa shape index (κ1) is 15.1. The third-order valence-corrected chi connectivity index (χ3v) is 5.45. The van der Waals surface area contributed by atoms with E-state index >= 15 is 0 Å². The lowest BCUT2D eigenvalue weighted by molar-refractivity contribution is 0.357. The van der Waals surface area contributed by atoms with E-state index in [1.54, 1.807) is 18.3 Å². The van der Waals surface area contributed by atoms with Crippen LogP contribution < -0.4 is 9.64 Å². The Bertz CT molecular complexity index is 808. The number of nitrogens with zero attached hydrogens (tertiary/aromatic N) is 3. The molecule has 0 spiro atoms. The van der Waals surface area contributed by atoms with E-state index in [1.807, 2.05) is 9.58 Å². The normalized spacial score (nSPS) is 20.0. The molecule has 23 heavy (non-hydrogen) atoms. The maximum Gasteiger partial charge on any atom is 0.236 e. The fourth-order valence-corrected chi connectivity index (χ4v) is 4.02. The number of fused-ring (bicyclic) bond motifs is 1. The number of hydrogen-bond donors (Lipinski definition) is 1. The van der Waals surface area contributed by atoms with Crippen molar-refractivity contribution >= 4 is 46.1 Å². The molecule has 120 valence electrons. The van der Waals surface area contributed by atoms with E-state index in [2.05, 4.69) is 5.10 Å². The maximum atomic E-state index is 10.2. The molecule has 3 heterocycles. The lowest BCUT2D eigenvalue weighted by Crippen LogP contribution is -2.23. The lowest BCUT2D eigenvalue weighted by Gasteiger charge is -2.18. The summed E-state index contributed by atoms with van der Waals surface area (Å²) in [5.74, 6) is 0.866. The van der Waals surface area contributed by atoms with Gasteiger partial charge in [-0.3, -0.25) is 0 Å². The number of aromatic nitrogens is 2. The van der Waals surface area contributed by atoms with E-state index in [-0.39, 0.29) is 11.7 Å². The van der Waals surface area contributed by atoms with Crippen molar-refractivity contribution in [2.24, 2.45) is 0 Å².